The van der Waals surface area contributed by atoms with E-state index in [0.29, 0.717) is 17.4 Å². The molecule has 1 amide bonds. The van der Waals surface area contributed by atoms with Crippen molar-refractivity contribution >= 4 is 28.3 Å². The number of nitrogens with two attached hydrogens (primary N) is 1. The summed E-state index contributed by atoms with van der Waals surface area (Å²) in [4.78, 5) is 27.6. The number of hydrogen-bond acceptors (Lipinski definition) is 6. The van der Waals surface area contributed by atoms with Crippen molar-refractivity contribution in [2.75, 3.05) is 12.3 Å². The molecular formula is C14H21N3O3S. The monoisotopic (exact) mass is 311 g/mol. The molecule has 1 aromatic heterocycles. The number of hydrogen-bond donors (Lipinski definition) is 2. The van der Waals surface area contributed by atoms with Gasteiger partial charge in [0, 0.05) is 11.4 Å². The van der Waals surface area contributed by atoms with Crippen LogP contribution in [0.5, 0.6) is 0 Å². The SMILES string of the molecule is CCOC(=O)C1CCC(NC(=O)Cc2csc(N)n2)CC1. The van der Waals surface area contributed by atoms with Gasteiger partial charge in [0.25, 0.3) is 0 Å². The van der Waals surface area contributed by atoms with E-state index in [9.17, 15) is 9.59 Å². The van der Waals surface area contributed by atoms with Crippen LogP contribution in [0.2, 0.25) is 0 Å². The maximum absolute atomic E-state index is 11.9. The number of thiazole rings is 1. The van der Waals surface area contributed by atoms with Crippen LogP contribution in [0.4, 0.5) is 5.13 Å². The van der Waals surface area contributed by atoms with Crippen molar-refractivity contribution < 1.29 is 14.3 Å². The summed E-state index contributed by atoms with van der Waals surface area (Å²) in [5.41, 5.74) is 6.24. The first kappa shape index (κ1) is 15.8. The van der Waals surface area contributed by atoms with Crippen LogP contribution in [0.25, 0.3) is 0 Å². The van der Waals surface area contributed by atoms with Gasteiger partial charge in [-0.25, -0.2) is 4.98 Å². The van der Waals surface area contributed by atoms with Crippen LogP contribution in [0.3, 0.4) is 0 Å². The van der Waals surface area contributed by atoms with Crippen LogP contribution >= 0.6 is 11.3 Å². The zero-order valence-corrected chi connectivity index (χ0v) is 12.9. The van der Waals surface area contributed by atoms with E-state index < -0.39 is 0 Å². The molecular weight excluding hydrogens is 290 g/mol. The van der Waals surface area contributed by atoms with Crippen molar-refractivity contribution in [2.45, 2.75) is 45.1 Å². The van der Waals surface area contributed by atoms with E-state index >= 15 is 0 Å². The van der Waals surface area contributed by atoms with E-state index in [0.717, 1.165) is 25.7 Å². The fourth-order valence-corrected chi connectivity index (χ4v) is 3.14. The first-order valence-corrected chi connectivity index (χ1v) is 8.12. The minimum Gasteiger partial charge on any atom is -0.466 e. The number of esters is 1. The fourth-order valence-electron chi connectivity index (χ4n) is 2.58. The van der Waals surface area contributed by atoms with Crippen molar-refractivity contribution in [3.63, 3.8) is 0 Å². The van der Waals surface area contributed by atoms with Gasteiger partial charge >= 0.3 is 5.97 Å². The molecule has 1 saturated carbocycles. The Morgan fingerprint density at radius 3 is 2.71 bits per heavy atom. The van der Waals surface area contributed by atoms with Crippen LogP contribution in [-0.2, 0) is 20.7 Å². The number of carbonyl (C=O) groups excluding carboxylic acids is 2. The normalized spacial score (nSPS) is 21.8. The predicted molar refractivity (Wildman–Crippen MR) is 80.8 cm³/mol. The van der Waals surface area contributed by atoms with E-state index in [-0.39, 0.29) is 30.3 Å². The van der Waals surface area contributed by atoms with E-state index in [1.54, 1.807) is 5.38 Å². The molecule has 0 spiro atoms. The van der Waals surface area contributed by atoms with Gasteiger partial charge in [-0.2, -0.15) is 0 Å². The number of carbonyl (C=O) groups is 2. The molecule has 6 nitrogen and oxygen atoms in total. The molecule has 21 heavy (non-hydrogen) atoms. The van der Waals surface area contributed by atoms with Crippen LogP contribution in [-0.4, -0.2) is 29.5 Å². The summed E-state index contributed by atoms with van der Waals surface area (Å²) in [6, 6.07) is 0.138. The Balaban J connectivity index is 1.73. The number of aromatic nitrogens is 1. The zero-order chi connectivity index (χ0) is 15.2. The lowest BCUT2D eigenvalue weighted by Crippen LogP contribution is -2.39. The van der Waals surface area contributed by atoms with E-state index in [2.05, 4.69) is 10.3 Å². The number of nitrogens with one attached hydrogen (secondary N) is 1. The number of amides is 1. The fraction of sp³-hybridized carbons (Fsp3) is 0.643. The summed E-state index contributed by atoms with van der Waals surface area (Å²) in [7, 11) is 0. The predicted octanol–water partition coefficient (Wildman–Crippen LogP) is 1.51. The van der Waals surface area contributed by atoms with Gasteiger partial charge in [0.1, 0.15) is 0 Å². The van der Waals surface area contributed by atoms with Gasteiger partial charge in [-0.3, -0.25) is 9.59 Å². The first-order chi connectivity index (χ1) is 10.1. The van der Waals surface area contributed by atoms with E-state index in [1.165, 1.54) is 11.3 Å². The first-order valence-electron chi connectivity index (χ1n) is 7.24. The average molecular weight is 311 g/mol. The van der Waals surface area contributed by atoms with Crippen LogP contribution < -0.4 is 11.1 Å². The second-order valence-electron chi connectivity index (χ2n) is 5.22. The molecule has 116 valence electrons. The second-order valence-corrected chi connectivity index (χ2v) is 6.11. The van der Waals surface area contributed by atoms with Crippen molar-refractivity contribution in [3.8, 4) is 0 Å². The molecule has 0 aliphatic heterocycles. The Morgan fingerprint density at radius 2 is 2.14 bits per heavy atom. The Labute approximate surface area is 128 Å². The highest BCUT2D eigenvalue weighted by Crippen LogP contribution is 2.25. The average Bonchev–Trinajstić information content (AvgIpc) is 2.85. The van der Waals surface area contributed by atoms with Gasteiger partial charge in [-0.05, 0) is 32.6 Å². The molecule has 0 saturated heterocycles. The molecule has 1 aliphatic rings. The molecule has 1 fully saturated rings. The molecule has 7 heteroatoms. The molecule has 3 N–H and O–H groups in total. The standard InChI is InChI=1S/C14H21N3O3S/c1-2-20-13(19)9-3-5-10(6-4-9)16-12(18)7-11-8-21-14(15)17-11/h8-10H,2-7H2,1H3,(H2,15,17)(H,16,18). The summed E-state index contributed by atoms with van der Waals surface area (Å²) >= 11 is 1.34. The maximum Gasteiger partial charge on any atom is 0.308 e. The van der Waals surface area contributed by atoms with Gasteiger partial charge in [0.05, 0.1) is 24.6 Å². The third kappa shape index (κ3) is 4.70. The third-order valence-electron chi connectivity index (χ3n) is 3.62. The van der Waals surface area contributed by atoms with Crippen molar-refractivity contribution in [1.29, 1.82) is 0 Å². The highest BCUT2D eigenvalue weighted by Gasteiger charge is 2.27. The van der Waals surface area contributed by atoms with Crippen LogP contribution in [0.1, 0.15) is 38.3 Å². The lowest BCUT2D eigenvalue weighted by Gasteiger charge is -2.27. The molecule has 0 aromatic carbocycles. The largest absolute Gasteiger partial charge is 0.466 e. The number of nitrogen functional groups attached to an aromatic ring is 1. The number of anilines is 1. The van der Waals surface area contributed by atoms with Crippen molar-refractivity contribution in [1.82, 2.24) is 10.3 Å². The maximum atomic E-state index is 11.9. The highest BCUT2D eigenvalue weighted by atomic mass is 32.1. The summed E-state index contributed by atoms with van der Waals surface area (Å²) < 4.78 is 5.03. The molecule has 0 bridgehead atoms. The summed E-state index contributed by atoms with van der Waals surface area (Å²) in [6.45, 7) is 2.24. The molecule has 1 heterocycles. The summed E-state index contributed by atoms with van der Waals surface area (Å²) in [5.74, 6) is -0.170. The lowest BCUT2D eigenvalue weighted by molar-refractivity contribution is -0.149. The smallest absolute Gasteiger partial charge is 0.308 e. The Morgan fingerprint density at radius 1 is 1.43 bits per heavy atom. The molecule has 0 unspecified atom stereocenters. The minimum absolute atomic E-state index is 0.0172. The minimum atomic E-state index is -0.111. The highest BCUT2D eigenvalue weighted by molar-refractivity contribution is 7.13. The Kier molecular flexibility index (Phi) is 5.55. The van der Waals surface area contributed by atoms with E-state index in [4.69, 9.17) is 10.5 Å². The van der Waals surface area contributed by atoms with Gasteiger partial charge in [0.15, 0.2) is 5.13 Å². The van der Waals surface area contributed by atoms with Gasteiger partial charge in [-0.15, -0.1) is 11.3 Å². The lowest BCUT2D eigenvalue weighted by atomic mass is 9.86. The quantitative estimate of drug-likeness (QED) is 0.804. The van der Waals surface area contributed by atoms with E-state index in [1.807, 2.05) is 6.92 Å². The van der Waals surface area contributed by atoms with Gasteiger partial charge < -0.3 is 15.8 Å². The van der Waals surface area contributed by atoms with Gasteiger partial charge in [0.2, 0.25) is 5.91 Å². The van der Waals surface area contributed by atoms with Crippen LogP contribution in [0, 0.1) is 5.92 Å². The van der Waals surface area contributed by atoms with Crippen molar-refractivity contribution in [3.05, 3.63) is 11.1 Å². The van der Waals surface area contributed by atoms with Gasteiger partial charge in [-0.1, -0.05) is 0 Å². The topological polar surface area (TPSA) is 94.3 Å². The number of rotatable bonds is 5. The van der Waals surface area contributed by atoms with Crippen molar-refractivity contribution in [2.24, 2.45) is 5.92 Å². The zero-order valence-electron chi connectivity index (χ0n) is 12.1. The molecule has 0 atom stereocenters. The second kappa shape index (κ2) is 7.40. The summed E-state index contributed by atoms with van der Waals surface area (Å²) in [6.07, 6.45) is 3.43. The number of nitrogens with zero attached hydrogens (tertiary/aromatic N) is 1. The molecule has 2 rings (SSSR count). The molecule has 1 aliphatic carbocycles. The Bertz CT molecular complexity index is 495. The molecule has 1 aromatic rings. The Hall–Kier alpha value is -1.63. The number of ether oxygens (including phenoxy) is 1. The summed E-state index contributed by atoms with van der Waals surface area (Å²) in [5, 5.41) is 5.28. The van der Waals surface area contributed by atoms with Crippen LogP contribution in [0.15, 0.2) is 5.38 Å². The molecule has 0 radical (unpaired) electrons. The third-order valence-corrected chi connectivity index (χ3v) is 4.35.